The highest BCUT2D eigenvalue weighted by atomic mass is 16.5. The molecule has 1 aliphatic heterocycles. The number of ether oxygens (including phenoxy) is 1. The van der Waals surface area contributed by atoms with Gasteiger partial charge in [0.05, 0.1) is 6.54 Å². The Morgan fingerprint density at radius 1 is 1.12 bits per heavy atom. The van der Waals surface area contributed by atoms with Crippen molar-refractivity contribution in [2.24, 2.45) is 0 Å². The maximum Gasteiger partial charge on any atom is 0.274 e. The first-order valence-electron chi connectivity index (χ1n) is 11.0. The average molecular weight is 450 g/mol. The van der Waals surface area contributed by atoms with Gasteiger partial charge in [0.1, 0.15) is 17.9 Å². The third-order valence-electron chi connectivity index (χ3n) is 5.57. The predicted octanol–water partition coefficient (Wildman–Crippen LogP) is 3.62. The molecule has 1 aromatic heterocycles. The minimum Gasteiger partial charge on any atom is -0.492 e. The lowest BCUT2D eigenvalue weighted by molar-refractivity contribution is -0.114. The van der Waals surface area contributed by atoms with Crippen LogP contribution >= 0.6 is 0 Å². The number of fused-ring (bicyclic) bond motifs is 1. The van der Waals surface area contributed by atoms with E-state index in [0.717, 1.165) is 25.0 Å². The van der Waals surface area contributed by atoms with Crippen LogP contribution in [0.15, 0.2) is 71.2 Å². The van der Waals surface area contributed by atoms with Crippen LogP contribution in [0.1, 0.15) is 23.2 Å². The summed E-state index contributed by atoms with van der Waals surface area (Å²) in [6.45, 7) is 3.40. The van der Waals surface area contributed by atoms with Crippen LogP contribution in [0.5, 0.6) is 5.75 Å². The minimum atomic E-state index is -0.594. The van der Waals surface area contributed by atoms with Crippen LogP contribution in [-0.4, -0.2) is 54.7 Å². The van der Waals surface area contributed by atoms with Crippen LogP contribution in [0, 0.1) is 0 Å². The molecule has 8 nitrogen and oxygen atoms in total. The van der Waals surface area contributed by atoms with Crippen LogP contribution in [0.25, 0.3) is 11.0 Å². The van der Waals surface area contributed by atoms with Crippen molar-refractivity contribution in [3.05, 3.63) is 72.3 Å². The predicted molar refractivity (Wildman–Crippen MR) is 125 cm³/mol. The van der Waals surface area contributed by atoms with Gasteiger partial charge in [0, 0.05) is 29.6 Å². The number of furan rings is 1. The Morgan fingerprint density at radius 3 is 2.61 bits per heavy atom. The second-order valence-electron chi connectivity index (χ2n) is 7.84. The number of hydrogen-bond donors (Lipinski definition) is 2. The molecule has 8 heteroatoms. The molecule has 2 heterocycles. The molecule has 1 aliphatic rings. The Kier molecular flexibility index (Phi) is 7.39. The topological polar surface area (TPSA) is 95.2 Å². The lowest BCUT2D eigenvalue weighted by atomic mass is 10.2. The molecule has 0 bridgehead atoms. The zero-order valence-electron chi connectivity index (χ0n) is 18.3. The summed E-state index contributed by atoms with van der Waals surface area (Å²) in [5, 5.41) is 9.63. The van der Waals surface area contributed by atoms with Crippen molar-refractivity contribution >= 4 is 28.7 Å². The molecule has 2 N–H and O–H groups in total. The number of benzene rings is 2. The van der Waals surface area contributed by atoms with Crippen molar-refractivity contribution in [3.8, 4) is 5.75 Å². The number of carbonyl (C=O) groups excluding carboxylic acids is 2. The molecule has 0 saturated carbocycles. The van der Waals surface area contributed by atoms with E-state index in [2.05, 4.69) is 4.90 Å². The van der Waals surface area contributed by atoms with E-state index in [0.29, 0.717) is 22.8 Å². The number of para-hydroxylation sites is 1. The van der Waals surface area contributed by atoms with Crippen molar-refractivity contribution in [3.63, 3.8) is 0 Å². The van der Waals surface area contributed by atoms with E-state index in [1.807, 2.05) is 36.4 Å². The summed E-state index contributed by atoms with van der Waals surface area (Å²) in [6.07, 6.45) is 5.90. The Balaban J connectivity index is 1.43. The Labute approximate surface area is 192 Å². The molecule has 1 saturated heterocycles. The zero-order valence-corrected chi connectivity index (χ0v) is 18.3. The lowest BCUT2D eigenvalue weighted by Gasteiger charge is -2.19. The second-order valence-corrected chi connectivity index (χ2v) is 7.84. The molecule has 0 spiro atoms. The number of amides is 2. The van der Waals surface area contributed by atoms with E-state index in [1.54, 1.807) is 40.7 Å². The Hall–Kier alpha value is -3.62. The Morgan fingerprint density at radius 2 is 1.88 bits per heavy atom. The van der Waals surface area contributed by atoms with Gasteiger partial charge in [0.2, 0.25) is 5.88 Å². The van der Waals surface area contributed by atoms with Gasteiger partial charge in [-0.15, -0.1) is 0 Å². The molecule has 2 aromatic carbocycles. The third kappa shape index (κ3) is 5.79. The van der Waals surface area contributed by atoms with Gasteiger partial charge in [0.25, 0.3) is 11.8 Å². The van der Waals surface area contributed by atoms with Crippen molar-refractivity contribution in [2.45, 2.75) is 12.8 Å². The van der Waals surface area contributed by atoms with Crippen molar-refractivity contribution in [1.29, 1.82) is 0 Å². The lowest BCUT2D eigenvalue weighted by Crippen LogP contribution is -2.33. The largest absolute Gasteiger partial charge is 0.492 e. The summed E-state index contributed by atoms with van der Waals surface area (Å²) >= 11 is 0. The normalized spacial score (nSPS) is 14.1. The van der Waals surface area contributed by atoms with Crippen LogP contribution < -0.4 is 15.1 Å². The van der Waals surface area contributed by atoms with Gasteiger partial charge in [-0.1, -0.05) is 24.3 Å². The standard InChI is InChI=1S/C25H27N3O5/c29-23(8-5-15-27-13-3-4-14-27)28(24-18-20-6-1-2-7-22(20)33-24)16-17-32-21-11-9-19(10-12-21)25(30)26-31/h1-2,5-12,18,31H,3-4,13-17H2,(H,26,30). The molecule has 1 fully saturated rings. The molecule has 0 radical (unpaired) electrons. The van der Waals surface area contributed by atoms with Gasteiger partial charge in [0.15, 0.2) is 0 Å². The molecule has 2 amide bonds. The van der Waals surface area contributed by atoms with Gasteiger partial charge in [-0.25, -0.2) is 5.48 Å². The van der Waals surface area contributed by atoms with Crippen LogP contribution in [0.3, 0.4) is 0 Å². The smallest absolute Gasteiger partial charge is 0.274 e. The van der Waals surface area contributed by atoms with E-state index in [1.165, 1.54) is 12.8 Å². The minimum absolute atomic E-state index is 0.174. The molecule has 3 aromatic rings. The summed E-state index contributed by atoms with van der Waals surface area (Å²) in [6, 6.07) is 15.8. The van der Waals surface area contributed by atoms with Crippen molar-refractivity contribution in [1.82, 2.24) is 10.4 Å². The number of nitrogens with one attached hydrogen (secondary N) is 1. The quantitative estimate of drug-likeness (QED) is 0.294. The molecular formula is C25H27N3O5. The molecule has 0 atom stereocenters. The number of hydrogen-bond acceptors (Lipinski definition) is 6. The number of likely N-dealkylation sites (tertiary alicyclic amines) is 1. The Bertz CT molecular complexity index is 1080. The van der Waals surface area contributed by atoms with Crippen molar-refractivity contribution in [2.75, 3.05) is 37.7 Å². The second kappa shape index (κ2) is 10.8. The summed E-state index contributed by atoms with van der Waals surface area (Å²) in [4.78, 5) is 28.3. The molecule has 33 heavy (non-hydrogen) atoms. The summed E-state index contributed by atoms with van der Waals surface area (Å²) in [5.74, 6) is 0.243. The molecule has 0 aliphatic carbocycles. The van der Waals surface area contributed by atoms with Gasteiger partial charge < -0.3 is 9.15 Å². The zero-order chi connectivity index (χ0) is 23.0. The fraction of sp³-hybridized carbons (Fsp3) is 0.280. The fourth-order valence-corrected chi connectivity index (χ4v) is 3.81. The molecule has 4 rings (SSSR count). The van der Waals surface area contributed by atoms with Crippen LogP contribution in [-0.2, 0) is 4.79 Å². The van der Waals surface area contributed by atoms with Crippen LogP contribution in [0.2, 0.25) is 0 Å². The van der Waals surface area contributed by atoms with Gasteiger partial charge >= 0.3 is 0 Å². The van der Waals surface area contributed by atoms with E-state index in [-0.39, 0.29) is 19.1 Å². The summed E-state index contributed by atoms with van der Waals surface area (Å²) in [7, 11) is 0. The number of nitrogens with zero attached hydrogens (tertiary/aromatic N) is 2. The highest BCUT2D eigenvalue weighted by Crippen LogP contribution is 2.26. The third-order valence-corrected chi connectivity index (χ3v) is 5.57. The summed E-state index contributed by atoms with van der Waals surface area (Å²) in [5.41, 5.74) is 2.62. The van der Waals surface area contributed by atoms with Crippen molar-refractivity contribution < 1.29 is 24.0 Å². The maximum atomic E-state index is 13.0. The molecule has 0 unspecified atom stereocenters. The van der Waals surface area contributed by atoms with E-state index < -0.39 is 5.91 Å². The first-order chi connectivity index (χ1) is 16.1. The first-order valence-corrected chi connectivity index (χ1v) is 11.0. The SMILES string of the molecule is O=C(NO)c1ccc(OCCN(C(=O)C=CCN2CCCC2)c2cc3ccccc3o2)cc1. The van der Waals surface area contributed by atoms with Gasteiger partial charge in [-0.2, -0.15) is 0 Å². The van der Waals surface area contributed by atoms with E-state index in [4.69, 9.17) is 14.4 Å². The number of anilines is 1. The maximum absolute atomic E-state index is 13.0. The highest BCUT2D eigenvalue weighted by Gasteiger charge is 2.18. The van der Waals surface area contributed by atoms with Gasteiger partial charge in [-0.05, 0) is 56.3 Å². The van der Waals surface area contributed by atoms with Crippen LogP contribution in [0.4, 0.5) is 5.88 Å². The summed E-state index contributed by atoms with van der Waals surface area (Å²) < 4.78 is 11.7. The number of hydroxylamine groups is 1. The first kappa shape index (κ1) is 22.6. The highest BCUT2D eigenvalue weighted by molar-refractivity contribution is 6.01. The average Bonchev–Trinajstić information content (AvgIpc) is 3.51. The number of rotatable bonds is 9. The number of carbonyl (C=O) groups is 2. The molecule has 172 valence electrons. The monoisotopic (exact) mass is 449 g/mol. The van der Waals surface area contributed by atoms with E-state index in [9.17, 15) is 9.59 Å². The fourth-order valence-electron chi connectivity index (χ4n) is 3.81. The molecular weight excluding hydrogens is 422 g/mol. The van der Waals surface area contributed by atoms with E-state index >= 15 is 0 Å². The van der Waals surface area contributed by atoms with Gasteiger partial charge in [-0.3, -0.25) is 24.6 Å².